The maximum Gasteiger partial charge on any atom is 0.191 e. The lowest BCUT2D eigenvalue weighted by Gasteiger charge is -2.32. The van der Waals surface area contributed by atoms with E-state index in [1.54, 1.807) is 0 Å². The van der Waals surface area contributed by atoms with Gasteiger partial charge >= 0.3 is 0 Å². The van der Waals surface area contributed by atoms with E-state index in [1.165, 1.54) is 0 Å². The fourth-order valence-electron chi connectivity index (χ4n) is 2.88. The van der Waals surface area contributed by atoms with Crippen LogP contribution in [0.3, 0.4) is 0 Å². The Bertz CT molecular complexity index is 558. The van der Waals surface area contributed by atoms with Crippen molar-refractivity contribution in [3.05, 3.63) is 71.8 Å². The minimum absolute atomic E-state index is 0.100. The Balaban J connectivity index is 2.47. The number of halogens is 6. The lowest BCUT2D eigenvalue weighted by molar-refractivity contribution is 0.485. The van der Waals surface area contributed by atoms with Gasteiger partial charge < -0.3 is 0 Å². The van der Waals surface area contributed by atoms with Crippen molar-refractivity contribution in [2.45, 2.75) is 32.3 Å². The molecule has 0 heterocycles. The van der Waals surface area contributed by atoms with Gasteiger partial charge in [0.05, 0.1) is 0 Å². The van der Waals surface area contributed by atoms with Gasteiger partial charge in [0.2, 0.25) is 0 Å². The lowest BCUT2D eigenvalue weighted by Crippen LogP contribution is -2.22. The van der Waals surface area contributed by atoms with E-state index in [1.807, 2.05) is 60.7 Å². The van der Waals surface area contributed by atoms with Crippen LogP contribution in [0.2, 0.25) is 0 Å². The summed E-state index contributed by atoms with van der Waals surface area (Å²) in [6.45, 7) is 0. The van der Waals surface area contributed by atoms with E-state index in [4.69, 9.17) is 69.6 Å². The SMILES string of the molecule is ClC(Cl)(Cl)CC(c1ccccc1)C(CC(Cl)(Cl)Cl)c1ccccc1. The molecule has 2 rings (SSSR count). The predicted octanol–water partition coefficient (Wildman–Crippen LogP) is 8.07. The normalized spacial score (nSPS) is 15.1. The van der Waals surface area contributed by atoms with Gasteiger partial charge in [-0.05, 0) is 23.0 Å². The summed E-state index contributed by atoms with van der Waals surface area (Å²) < 4.78 is -2.80. The van der Waals surface area contributed by atoms with E-state index in [2.05, 4.69) is 0 Å². The molecule has 0 aliphatic carbocycles. The van der Waals surface area contributed by atoms with Crippen molar-refractivity contribution < 1.29 is 0 Å². The highest BCUT2D eigenvalue weighted by Crippen LogP contribution is 2.49. The predicted molar refractivity (Wildman–Crippen MR) is 108 cm³/mol. The maximum atomic E-state index is 6.11. The second kappa shape index (κ2) is 8.71. The molecule has 2 atom stereocenters. The fraction of sp³-hybridized carbons (Fsp3) is 0.333. The van der Waals surface area contributed by atoms with Crippen LogP contribution in [-0.2, 0) is 0 Å². The molecule has 0 N–H and O–H groups in total. The molecule has 130 valence electrons. The second-order valence-electron chi connectivity index (χ2n) is 5.67. The fourth-order valence-corrected chi connectivity index (χ4v) is 3.88. The molecule has 0 amide bonds. The topological polar surface area (TPSA) is 0 Å². The van der Waals surface area contributed by atoms with Gasteiger partial charge in [-0.1, -0.05) is 130 Å². The van der Waals surface area contributed by atoms with Gasteiger partial charge in [0.1, 0.15) is 0 Å². The molecule has 0 spiro atoms. The van der Waals surface area contributed by atoms with Crippen LogP contribution in [0.1, 0.15) is 35.8 Å². The first-order chi connectivity index (χ1) is 11.2. The van der Waals surface area contributed by atoms with Crippen LogP contribution in [-0.4, -0.2) is 7.59 Å². The largest absolute Gasteiger partial charge is 0.191 e. The molecular formula is C18H16Cl6. The van der Waals surface area contributed by atoms with Gasteiger partial charge in [0.15, 0.2) is 7.59 Å². The summed E-state index contributed by atoms with van der Waals surface area (Å²) in [5.74, 6) is -0.201. The lowest BCUT2D eigenvalue weighted by atomic mass is 9.78. The molecule has 24 heavy (non-hydrogen) atoms. The average Bonchev–Trinajstić information content (AvgIpc) is 2.50. The van der Waals surface area contributed by atoms with Gasteiger partial charge in [0.25, 0.3) is 0 Å². The third-order valence-electron chi connectivity index (χ3n) is 3.84. The van der Waals surface area contributed by atoms with Crippen molar-refractivity contribution in [1.82, 2.24) is 0 Å². The zero-order chi connectivity index (χ0) is 17.8. The Morgan fingerprint density at radius 3 is 1.08 bits per heavy atom. The van der Waals surface area contributed by atoms with E-state index in [-0.39, 0.29) is 11.8 Å². The van der Waals surface area contributed by atoms with Crippen LogP contribution >= 0.6 is 69.6 Å². The Labute approximate surface area is 172 Å². The van der Waals surface area contributed by atoms with Crippen molar-refractivity contribution >= 4 is 69.6 Å². The molecule has 0 bridgehead atoms. The molecule has 0 radical (unpaired) electrons. The van der Waals surface area contributed by atoms with Gasteiger partial charge in [-0.3, -0.25) is 0 Å². The van der Waals surface area contributed by atoms with Crippen LogP contribution in [0, 0.1) is 0 Å². The summed E-state index contributed by atoms with van der Waals surface area (Å²) in [6, 6.07) is 19.8. The maximum absolute atomic E-state index is 6.11. The van der Waals surface area contributed by atoms with Crippen molar-refractivity contribution in [1.29, 1.82) is 0 Å². The minimum atomic E-state index is -1.40. The molecular weight excluding hydrogens is 429 g/mol. The smallest absolute Gasteiger partial charge is 0.0837 e. The molecule has 0 saturated carbocycles. The monoisotopic (exact) mass is 442 g/mol. The highest BCUT2D eigenvalue weighted by Gasteiger charge is 2.36. The second-order valence-corrected chi connectivity index (χ2v) is 10.7. The molecule has 0 fully saturated rings. The third-order valence-corrected chi connectivity index (χ3v) is 4.77. The number of hydrogen-bond acceptors (Lipinski definition) is 0. The van der Waals surface area contributed by atoms with E-state index >= 15 is 0 Å². The van der Waals surface area contributed by atoms with Crippen molar-refractivity contribution in [3.8, 4) is 0 Å². The van der Waals surface area contributed by atoms with Crippen molar-refractivity contribution in [3.63, 3.8) is 0 Å². The minimum Gasteiger partial charge on any atom is -0.0837 e. The summed E-state index contributed by atoms with van der Waals surface area (Å²) in [5, 5.41) is 0. The van der Waals surface area contributed by atoms with Crippen molar-refractivity contribution in [2.75, 3.05) is 0 Å². The molecule has 0 aliphatic heterocycles. The summed E-state index contributed by atoms with van der Waals surface area (Å²) in [6.07, 6.45) is 0.643. The Kier molecular flexibility index (Phi) is 7.44. The molecule has 2 aromatic carbocycles. The summed E-state index contributed by atoms with van der Waals surface area (Å²) >= 11 is 36.7. The zero-order valence-electron chi connectivity index (χ0n) is 12.6. The molecule has 2 unspecified atom stereocenters. The third kappa shape index (κ3) is 6.83. The molecule has 2 aromatic rings. The van der Waals surface area contributed by atoms with Crippen LogP contribution in [0.4, 0.5) is 0 Å². The van der Waals surface area contributed by atoms with Crippen LogP contribution in [0.15, 0.2) is 60.7 Å². The molecule has 6 heteroatoms. The van der Waals surface area contributed by atoms with Crippen LogP contribution in [0.25, 0.3) is 0 Å². The van der Waals surface area contributed by atoms with E-state index < -0.39 is 7.59 Å². The number of rotatable bonds is 5. The van der Waals surface area contributed by atoms with Gasteiger partial charge in [-0.25, -0.2) is 0 Å². The summed E-state index contributed by atoms with van der Waals surface area (Å²) in [4.78, 5) is 0. The van der Waals surface area contributed by atoms with E-state index in [9.17, 15) is 0 Å². The van der Waals surface area contributed by atoms with Gasteiger partial charge in [-0.2, -0.15) is 0 Å². The zero-order valence-corrected chi connectivity index (χ0v) is 17.1. The first kappa shape index (κ1) is 20.5. The standard InChI is InChI=1S/C18H16Cl6/c19-17(20,21)11-15(13-7-3-1-4-8-13)16(12-18(22,23)24)14-9-5-2-6-10-14/h1-10,15-16H,11-12H2. The van der Waals surface area contributed by atoms with E-state index in [0.717, 1.165) is 11.1 Å². The van der Waals surface area contributed by atoms with Gasteiger partial charge in [-0.15, -0.1) is 0 Å². The highest BCUT2D eigenvalue weighted by atomic mass is 35.6. The Morgan fingerprint density at radius 2 is 0.833 bits per heavy atom. The first-order valence-electron chi connectivity index (χ1n) is 7.39. The van der Waals surface area contributed by atoms with Crippen molar-refractivity contribution in [2.24, 2.45) is 0 Å². The summed E-state index contributed by atoms with van der Waals surface area (Å²) in [7, 11) is 0. The van der Waals surface area contributed by atoms with E-state index in [0.29, 0.717) is 12.8 Å². The number of benzene rings is 2. The Hall–Kier alpha value is 0.180. The quantitative estimate of drug-likeness (QED) is 0.409. The van der Waals surface area contributed by atoms with Gasteiger partial charge in [0, 0.05) is 12.8 Å². The highest BCUT2D eigenvalue weighted by molar-refractivity contribution is 6.68. The average molecular weight is 445 g/mol. The number of hydrogen-bond donors (Lipinski definition) is 0. The Morgan fingerprint density at radius 1 is 0.542 bits per heavy atom. The van der Waals surface area contributed by atoms with Crippen LogP contribution < -0.4 is 0 Å². The molecule has 0 nitrogen and oxygen atoms in total. The molecule has 0 saturated heterocycles. The number of alkyl halides is 6. The molecule has 0 aliphatic rings. The molecule has 0 aromatic heterocycles. The summed E-state index contributed by atoms with van der Waals surface area (Å²) in [5.41, 5.74) is 2.10. The first-order valence-corrected chi connectivity index (χ1v) is 9.66. The van der Waals surface area contributed by atoms with Crippen LogP contribution in [0.5, 0.6) is 0 Å².